The van der Waals surface area contributed by atoms with Crippen molar-refractivity contribution in [3.05, 3.63) is 66.7 Å². The predicted octanol–water partition coefficient (Wildman–Crippen LogP) is 7.51. The zero-order chi connectivity index (χ0) is 23.6. The van der Waals surface area contributed by atoms with Gasteiger partial charge in [0, 0.05) is 24.0 Å². The Bertz CT molecular complexity index is 1130. The highest BCUT2D eigenvalue weighted by molar-refractivity contribution is 5.99. The number of amides is 1. The summed E-state index contributed by atoms with van der Waals surface area (Å²) in [7, 11) is 2.14. The highest BCUT2D eigenvalue weighted by atomic mass is 16.5. The number of quaternary nitrogens is 1. The third kappa shape index (κ3) is 3.09. The lowest BCUT2D eigenvalue weighted by molar-refractivity contribution is -0.136. The molecule has 0 N–H and O–H groups in total. The van der Waals surface area contributed by atoms with Crippen molar-refractivity contribution in [2.45, 2.75) is 64.8 Å². The Morgan fingerprint density at radius 2 is 1.65 bits per heavy atom. The summed E-state index contributed by atoms with van der Waals surface area (Å²) >= 11 is 0. The Morgan fingerprint density at radius 1 is 0.882 bits per heavy atom. The lowest BCUT2D eigenvalue weighted by Crippen LogP contribution is -2.69. The number of hydrogen-bond donors (Lipinski definition) is 0. The number of carbonyl (C=O) groups is 1. The second kappa shape index (κ2) is 7.81. The maximum atomic E-state index is 13.7. The molecule has 0 radical (unpaired) electrons. The molecule has 178 valence electrons. The van der Waals surface area contributed by atoms with Gasteiger partial charge in [-0.15, -0.1) is 0 Å². The van der Waals surface area contributed by atoms with Crippen molar-refractivity contribution in [2.75, 3.05) is 7.05 Å². The van der Waals surface area contributed by atoms with E-state index in [9.17, 15) is 4.79 Å². The van der Waals surface area contributed by atoms with E-state index in [1.54, 1.807) is 0 Å². The quantitative estimate of drug-likeness (QED) is 0.447. The topological polar surface area (TPSA) is 26.3 Å². The van der Waals surface area contributed by atoms with Crippen molar-refractivity contribution in [1.29, 1.82) is 0 Å². The second-order valence-electron chi connectivity index (χ2n) is 12.1. The van der Waals surface area contributed by atoms with Gasteiger partial charge < -0.3 is 4.74 Å². The maximum absolute atomic E-state index is 13.7. The Kier molecular flexibility index (Phi) is 5.08. The van der Waals surface area contributed by atoms with Crippen LogP contribution >= 0.6 is 0 Å². The first-order valence-electron chi connectivity index (χ1n) is 13.3. The Hall–Kier alpha value is -2.39. The molecule has 2 aromatic carbocycles. The first-order valence-corrected chi connectivity index (χ1v) is 13.3. The molecule has 1 unspecified atom stereocenters. The van der Waals surface area contributed by atoms with Crippen molar-refractivity contribution in [2.24, 2.45) is 28.6 Å². The number of likely N-dealkylation sites (N-methyl/N-ethyl adjacent to an activating group) is 1. The first kappa shape index (κ1) is 22.1. The average Bonchev–Trinajstić information content (AvgIpc) is 3.25. The van der Waals surface area contributed by atoms with Crippen molar-refractivity contribution in [3.63, 3.8) is 0 Å². The van der Waals surface area contributed by atoms with Crippen LogP contribution in [0, 0.1) is 28.6 Å². The lowest BCUT2D eigenvalue weighted by Gasteiger charge is -2.60. The molecule has 1 heterocycles. The Morgan fingerprint density at radius 3 is 2.47 bits per heavy atom. The summed E-state index contributed by atoms with van der Waals surface area (Å²) in [5.41, 5.74) is 1.55. The second-order valence-corrected chi connectivity index (χ2v) is 12.1. The van der Waals surface area contributed by atoms with Crippen LogP contribution < -0.4 is 9.22 Å². The average molecular weight is 457 g/mol. The van der Waals surface area contributed by atoms with E-state index in [1.807, 2.05) is 48.5 Å². The molecule has 3 fully saturated rings. The minimum absolute atomic E-state index is 0.0232. The lowest BCUT2D eigenvalue weighted by atomic mass is 9.48. The van der Waals surface area contributed by atoms with E-state index in [2.05, 4.69) is 39.1 Å². The Labute approximate surface area is 204 Å². The summed E-state index contributed by atoms with van der Waals surface area (Å²) in [5.74, 6) is 4.09. The first-order chi connectivity index (χ1) is 16.4. The molecule has 0 aromatic heterocycles. The molecule has 4 aliphatic rings. The van der Waals surface area contributed by atoms with Crippen molar-refractivity contribution in [1.82, 2.24) is 4.48 Å². The standard InChI is InChI=1S/C31H38NO2/c1-30-19-9-12-24(30)23-15-16-28-31(2,25(23)17-20-30)21-18-29(33)32(28,3)26-13-7-8-14-27(26)34-22-10-5-4-6-11-22/h4-8,10-11,13-14,18,21,23-25,28H,9,12,15-17,19-20H2,1-3H3/q+1/t23-,24-,25-,28+,30-,31+,32?/m0/s1. The minimum atomic E-state index is 0.0232. The van der Waals surface area contributed by atoms with Gasteiger partial charge in [-0.3, -0.25) is 0 Å². The largest absolute Gasteiger partial charge is 0.451 e. The highest BCUT2D eigenvalue weighted by Crippen LogP contribution is 2.65. The predicted molar refractivity (Wildman–Crippen MR) is 138 cm³/mol. The van der Waals surface area contributed by atoms with Gasteiger partial charge in [-0.1, -0.05) is 56.7 Å². The third-order valence-electron chi connectivity index (χ3n) is 10.5. The molecular formula is C31H38NO2+. The van der Waals surface area contributed by atoms with E-state index >= 15 is 0 Å². The van der Waals surface area contributed by atoms with Gasteiger partial charge in [-0.05, 0) is 73.5 Å². The van der Waals surface area contributed by atoms with E-state index < -0.39 is 0 Å². The molecule has 3 heteroatoms. The molecule has 34 heavy (non-hydrogen) atoms. The number of carbonyl (C=O) groups excluding carboxylic acids is 1. The number of rotatable bonds is 3. The van der Waals surface area contributed by atoms with Crippen LogP contribution in [-0.4, -0.2) is 19.0 Å². The van der Waals surface area contributed by atoms with Gasteiger partial charge in [-0.2, -0.15) is 0 Å². The molecule has 3 nitrogen and oxygen atoms in total. The number of para-hydroxylation sites is 3. The molecule has 0 saturated heterocycles. The minimum Gasteiger partial charge on any atom is -0.451 e. The number of benzene rings is 2. The normalized spacial score (nSPS) is 40.9. The Balaban J connectivity index is 1.40. The zero-order valence-electron chi connectivity index (χ0n) is 20.9. The fourth-order valence-corrected chi connectivity index (χ4v) is 8.80. The maximum Gasteiger partial charge on any atom is 0.343 e. The van der Waals surface area contributed by atoms with Gasteiger partial charge in [0.1, 0.15) is 11.8 Å². The molecular weight excluding hydrogens is 418 g/mol. The highest BCUT2D eigenvalue weighted by Gasteiger charge is 2.63. The molecule has 1 amide bonds. The molecule has 7 atom stereocenters. The summed E-state index contributed by atoms with van der Waals surface area (Å²) in [6.07, 6.45) is 13.4. The summed E-state index contributed by atoms with van der Waals surface area (Å²) < 4.78 is 6.68. The molecule has 3 aliphatic carbocycles. The van der Waals surface area contributed by atoms with Crippen LogP contribution in [0.4, 0.5) is 5.69 Å². The van der Waals surface area contributed by atoms with Gasteiger partial charge in [0.25, 0.3) is 0 Å². The smallest absolute Gasteiger partial charge is 0.343 e. The van der Waals surface area contributed by atoms with E-state index in [0.717, 1.165) is 35.4 Å². The number of hydrogen-bond acceptors (Lipinski definition) is 2. The van der Waals surface area contributed by atoms with Crippen LogP contribution in [0.1, 0.15) is 58.8 Å². The number of nitrogens with zero attached hydrogens (tertiary/aromatic N) is 1. The fourth-order valence-electron chi connectivity index (χ4n) is 8.80. The monoisotopic (exact) mass is 456 g/mol. The van der Waals surface area contributed by atoms with Gasteiger partial charge in [0.15, 0.2) is 11.4 Å². The van der Waals surface area contributed by atoms with Crippen LogP contribution in [0.5, 0.6) is 11.5 Å². The molecule has 1 aliphatic heterocycles. The van der Waals surface area contributed by atoms with Gasteiger partial charge >= 0.3 is 5.91 Å². The van der Waals surface area contributed by atoms with Crippen LogP contribution in [0.2, 0.25) is 0 Å². The molecule has 6 rings (SSSR count). The van der Waals surface area contributed by atoms with Crippen LogP contribution in [0.3, 0.4) is 0 Å². The molecule has 0 spiro atoms. The van der Waals surface area contributed by atoms with Crippen LogP contribution in [0.15, 0.2) is 66.7 Å². The summed E-state index contributed by atoms with van der Waals surface area (Å²) in [6, 6.07) is 18.3. The van der Waals surface area contributed by atoms with E-state index in [1.165, 1.54) is 38.5 Å². The van der Waals surface area contributed by atoms with E-state index in [4.69, 9.17) is 4.74 Å². The zero-order valence-corrected chi connectivity index (χ0v) is 20.9. The number of ether oxygens (including phenoxy) is 1. The summed E-state index contributed by atoms with van der Waals surface area (Å²) in [6.45, 7) is 5.03. The molecule has 3 saturated carbocycles. The molecule has 2 aromatic rings. The third-order valence-corrected chi connectivity index (χ3v) is 10.5. The van der Waals surface area contributed by atoms with Gasteiger partial charge in [0.05, 0.1) is 7.05 Å². The van der Waals surface area contributed by atoms with Gasteiger partial charge in [-0.25, -0.2) is 9.28 Å². The SMILES string of the molecule is C[C@@]12CCC[C@H]1[C@@H]1CC[C@@H]3[C@](C)(C=CC(=O)[N+]3(C)c3ccccc3Oc3ccccc3)[C@H]1CC2. The van der Waals surface area contributed by atoms with E-state index in [0.29, 0.717) is 15.8 Å². The number of fused-ring (bicyclic) bond motifs is 5. The van der Waals surface area contributed by atoms with Crippen molar-refractivity contribution in [3.8, 4) is 11.5 Å². The van der Waals surface area contributed by atoms with Crippen molar-refractivity contribution < 1.29 is 9.53 Å². The van der Waals surface area contributed by atoms with Gasteiger partial charge in [0.2, 0.25) is 0 Å². The fraction of sp³-hybridized carbons (Fsp3) is 0.516. The van der Waals surface area contributed by atoms with Crippen molar-refractivity contribution >= 4 is 11.6 Å². The summed E-state index contributed by atoms with van der Waals surface area (Å²) in [5, 5.41) is 0. The van der Waals surface area contributed by atoms with E-state index in [-0.39, 0.29) is 17.4 Å². The van der Waals surface area contributed by atoms with Crippen LogP contribution in [-0.2, 0) is 4.79 Å². The molecule has 0 bridgehead atoms. The summed E-state index contributed by atoms with van der Waals surface area (Å²) in [4.78, 5) is 13.7. The van der Waals surface area contributed by atoms with Crippen LogP contribution in [0.25, 0.3) is 0 Å².